The number of aryl methyl sites for hydroxylation is 2. The van der Waals surface area contributed by atoms with Crippen molar-refractivity contribution < 1.29 is 14.3 Å². The Hall–Kier alpha value is -3.03. The van der Waals surface area contributed by atoms with Gasteiger partial charge in [0.05, 0.1) is 33.8 Å². The van der Waals surface area contributed by atoms with E-state index in [1.165, 1.54) is 16.2 Å². The molecule has 0 aliphatic carbocycles. The predicted octanol–water partition coefficient (Wildman–Crippen LogP) is 6.89. The van der Waals surface area contributed by atoms with Crippen LogP contribution in [-0.2, 0) is 17.6 Å². The maximum atomic E-state index is 13.5. The summed E-state index contributed by atoms with van der Waals surface area (Å²) in [5, 5.41) is 4.30. The van der Waals surface area contributed by atoms with Crippen LogP contribution in [0.4, 0.5) is 5.00 Å². The van der Waals surface area contributed by atoms with Crippen molar-refractivity contribution in [3.05, 3.63) is 68.9 Å². The van der Waals surface area contributed by atoms with Gasteiger partial charge in [0.15, 0.2) is 0 Å². The molecule has 4 aromatic rings. The Labute approximate surface area is 201 Å². The molecule has 3 aromatic heterocycles. The number of hydrogen-bond acceptors (Lipinski definition) is 6. The fraction of sp³-hybridized carbons (Fsp3) is 0.269. The highest BCUT2D eigenvalue weighted by Gasteiger charge is 2.24. The Morgan fingerprint density at radius 3 is 2.52 bits per heavy atom. The van der Waals surface area contributed by atoms with Crippen molar-refractivity contribution in [3.63, 3.8) is 0 Å². The molecule has 1 N–H and O–H groups in total. The summed E-state index contributed by atoms with van der Waals surface area (Å²) in [5.41, 5.74) is 3.43. The van der Waals surface area contributed by atoms with Gasteiger partial charge in [0, 0.05) is 15.1 Å². The summed E-state index contributed by atoms with van der Waals surface area (Å²) in [6.45, 7) is 8.14. The first kappa shape index (κ1) is 23.1. The van der Waals surface area contributed by atoms with Crippen LogP contribution in [0, 0.1) is 6.92 Å². The average molecular weight is 479 g/mol. The third-order valence-corrected chi connectivity index (χ3v) is 7.81. The van der Waals surface area contributed by atoms with Crippen molar-refractivity contribution in [1.29, 1.82) is 0 Å². The molecular formula is C26H26N2O3S2. The molecule has 0 spiro atoms. The minimum absolute atomic E-state index is 0.267. The molecule has 0 atom stereocenters. The molecule has 0 bridgehead atoms. The highest BCUT2D eigenvalue weighted by Crippen LogP contribution is 2.35. The maximum absolute atomic E-state index is 13.5. The fourth-order valence-corrected chi connectivity index (χ4v) is 5.91. The summed E-state index contributed by atoms with van der Waals surface area (Å²) >= 11 is 3.09. The van der Waals surface area contributed by atoms with E-state index in [-0.39, 0.29) is 12.5 Å². The summed E-state index contributed by atoms with van der Waals surface area (Å²) in [5.74, 6) is -0.670. The van der Waals surface area contributed by atoms with Crippen LogP contribution in [0.2, 0.25) is 0 Å². The third-order valence-electron chi connectivity index (χ3n) is 5.49. The van der Waals surface area contributed by atoms with Crippen molar-refractivity contribution in [2.24, 2.45) is 0 Å². The molecule has 7 heteroatoms. The predicted molar refractivity (Wildman–Crippen MR) is 137 cm³/mol. The second-order valence-electron chi connectivity index (χ2n) is 7.56. The second kappa shape index (κ2) is 9.85. The molecule has 0 aliphatic rings. The Bertz CT molecular complexity index is 1340. The van der Waals surface area contributed by atoms with E-state index in [2.05, 4.69) is 24.4 Å². The van der Waals surface area contributed by atoms with Gasteiger partial charge in [0.2, 0.25) is 0 Å². The van der Waals surface area contributed by atoms with E-state index < -0.39 is 5.97 Å². The number of hydrogen-bond donors (Lipinski definition) is 1. The second-order valence-corrected chi connectivity index (χ2v) is 9.95. The summed E-state index contributed by atoms with van der Waals surface area (Å²) in [4.78, 5) is 34.3. The molecule has 170 valence electrons. The monoisotopic (exact) mass is 478 g/mol. The van der Waals surface area contributed by atoms with Crippen molar-refractivity contribution >= 4 is 50.5 Å². The first-order valence-corrected chi connectivity index (χ1v) is 12.7. The van der Waals surface area contributed by atoms with E-state index in [9.17, 15) is 9.59 Å². The number of ether oxygens (including phenoxy) is 1. The van der Waals surface area contributed by atoms with Gasteiger partial charge < -0.3 is 10.1 Å². The molecule has 5 nitrogen and oxygen atoms in total. The number of nitrogens with zero attached hydrogens (tertiary/aromatic N) is 1. The number of para-hydroxylation sites is 1. The number of pyridine rings is 1. The number of fused-ring (bicyclic) bond motifs is 1. The van der Waals surface area contributed by atoms with Gasteiger partial charge in [-0.15, -0.1) is 22.7 Å². The summed E-state index contributed by atoms with van der Waals surface area (Å²) in [6, 6.07) is 13.6. The highest BCUT2D eigenvalue weighted by atomic mass is 32.1. The minimum Gasteiger partial charge on any atom is -0.462 e. The van der Waals surface area contributed by atoms with Crippen molar-refractivity contribution in [3.8, 4) is 10.6 Å². The lowest BCUT2D eigenvalue weighted by atomic mass is 10.1. The van der Waals surface area contributed by atoms with Crippen molar-refractivity contribution in [2.45, 2.75) is 40.5 Å². The third kappa shape index (κ3) is 4.56. The number of esters is 1. The quantitative estimate of drug-likeness (QED) is 0.294. The smallest absolute Gasteiger partial charge is 0.341 e. The van der Waals surface area contributed by atoms with Crippen LogP contribution < -0.4 is 5.32 Å². The van der Waals surface area contributed by atoms with Gasteiger partial charge >= 0.3 is 5.97 Å². The molecule has 0 saturated carbocycles. The molecule has 33 heavy (non-hydrogen) atoms. The van der Waals surface area contributed by atoms with Crippen LogP contribution in [0.1, 0.15) is 56.8 Å². The Morgan fingerprint density at radius 2 is 1.82 bits per heavy atom. The summed E-state index contributed by atoms with van der Waals surface area (Å²) in [7, 11) is 0. The van der Waals surface area contributed by atoms with Gasteiger partial charge in [0.1, 0.15) is 5.00 Å². The number of benzene rings is 1. The number of aromatic nitrogens is 1. The zero-order chi connectivity index (χ0) is 23.5. The van der Waals surface area contributed by atoms with Gasteiger partial charge in [-0.05, 0) is 56.5 Å². The Kier molecular flexibility index (Phi) is 6.91. The Balaban J connectivity index is 1.78. The molecule has 4 rings (SSSR count). The number of amides is 1. The van der Waals surface area contributed by atoms with Crippen LogP contribution >= 0.6 is 22.7 Å². The lowest BCUT2D eigenvalue weighted by Crippen LogP contribution is -2.16. The number of nitrogens with one attached hydrogen (secondary N) is 1. The van der Waals surface area contributed by atoms with Crippen molar-refractivity contribution in [1.82, 2.24) is 4.98 Å². The number of carbonyl (C=O) groups excluding carboxylic acids is 2. The minimum atomic E-state index is -0.403. The van der Waals surface area contributed by atoms with Crippen LogP contribution in [0.25, 0.3) is 21.5 Å². The van der Waals surface area contributed by atoms with E-state index in [1.807, 2.05) is 44.2 Å². The van der Waals surface area contributed by atoms with Gasteiger partial charge in [-0.3, -0.25) is 4.79 Å². The summed E-state index contributed by atoms with van der Waals surface area (Å²) < 4.78 is 5.28. The van der Waals surface area contributed by atoms with Crippen LogP contribution in [0.3, 0.4) is 0 Å². The fourth-order valence-electron chi connectivity index (χ4n) is 3.88. The average Bonchev–Trinajstić information content (AvgIpc) is 3.42. The SMILES string of the molecule is CCOC(=O)c1c(NC(=O)c2cc(-c3ccc(CC)s3)nc3ccccc23)sc(C)c1CC. The number of rotatable bonds is 7. The number of carbonyl (C=O) groups is 2. The largest absolute Gasteiger partial charge is 0.462 e. The van der Waals surface area contributed by atoms with Gasteiger partial charge in [-0.1, -0.05) is 32.0 Å². The van der Waals surface area contributed by atoms with E-state index in [1.54, 1.807) is 18.3 Å². The molecule has 1 aromatic carbocycles. The van der Waals surface area contributed by atoms with E-state index in [4.69, 9.17) is 9.72 Å². The molecule has 0 fully saturated rings. The first-order chi connectivity index (χ1) is 16.0. The van der Waals surface area contributed by atoms with E-state index in [0.29, 0.717) is 22.5 Å². The lowest BCUT2D eigenvalue weighted by molar-refractivity contribution is 0.0527. The molecule has 3 heterocycles. The first-order valence-electron chi connectivity index (χ1n) is 11.1. The Morgan fingerprint density at radius 1 is 1.03 bits per heavy atom. The van der Waals surface area contributed by atoms with Crippen LogP contribution in [0.15, 0.2) is 42.5 Å². The highest BCUT2D eigenvalue weighted by molar-refractivity contribution is 7.17. The molecule has 0 aliphatic heterocycles. The van der Waals surface area contributed by atoms with E-state index >= 15 is 0 Å². The maximum Gasteiger partial charge on any atom is 0.341 e. The van der Waals surface area contributed by atoms with Gasteiger partial charge in [0.25, 0.3) is 5.91 Å². The number of thiophene rings is 2. The molecule has 0 unspecified atom stereocenters. The van der Waals surface area contributed by atoms with Crippen molar-refractivity contribution in [2.75, 3.05) is 11.9 Å². The summed E-state index contributed by atoms with van der Waals surface area (Å²) in [6.07, 6.45) is 1.65. The zero-order valence-electron chi connectivity index (χ0n) is 19.2. The zero-order valence-corrected chi connectivity index (χ0v) is 20.8. The lowest BCUT2D eigenvalue weighted by Gasteiger charge is -2.11. The topological polar surface area (TPSA) is 68.3 Å². The molecule has 1 amide bonds. The standard InChI is InChI=1S/C26H26N2O3S2/c1-5-16-12-13-22(33-16)21-14-19(18-10-8-9-11-20(18)27-21)24(29)28-25-23(26(30)31-7-3)17(6-2)15(4)32-25/h8-14H,5-7H2,1-4H3,(H,28,29). The normalized spacial score (nSPS) is 11.0. The molecular weight excluding hydrogens is 452 g/mol. The van der Waals surface area contributed by atoms with Crippen LogP contribution in [0.5, 0.6) is 0 Å². The molecule has 0 radical (unpaired) electrons. The number of anilines is 1. The van der Waals surface area contributed by atoms with E-state index in [0.717, 1.165) is 38.3 Å². The van der Waals surface area contributed by atoms with Gasteiger partial charge in [-0.2, -0.15) is 0 Å². The van der Waals surface area contributed by atoms with Gasteiger partial charge in [-0.25, -0.2) is 9.78 Å². The molecule has 0 saturated heterocycles. The van der Waals surface area contributed by atoms with Crippen LogP contribution in [-0.4, -0.2) is 23.5 Å².